The first-order valence-electron chi connectivity index (χ1n) is 9.97. The number of aromatic nitrogens is 3. The number of imidazole rings is 1. The van der Waals surface area contributed by atoms with E-state index in [-0.39, 0.29) is 0 Å². The zero-order valence-electron chi connectivity index (χ0n) is 16.9. The SMILES string of the molecule is CCNC(=NCc1nccn1CC(C)C)NC1CCN(c2ncccc2Cl)C1. The number of hydrogen-bond donors (Lipinski definition) is 2. The fraction of sp³-hybridized carbons (Fsp3) is 0.550. The third kappa shape index (κ3) is 5.38. The van der Waals surface area contributed by atoms with E-state index in [9.17, 15) is 0 Å². The lowest BCUT2D eigenvalue weighted by Crippen LogP contribution is -2.44. The van der Waals surface area contributed by atoms with Gasteiger partial charge in [-0.2, -0.15) is 0 Å². The minimum Gasteiger partial charge on any atom is -0.357 e. The Morgan fingerprint density at radius 1 is 1.36 bits per heavy atom. The lowest BCUT2D eigenvalue weighted by Gasteiger charge is -2.20. The summed E-state index contributed by atoms with van der Waals surface area (Å²) in [5, 5.41) is 7.58. The quantitative estimate of drug-likeness (QED) is 0.549. The second kappa shape index (κ2) is 9.78. The van der Waals surface area contributed by atoms with Crippen LogP contribution in [0.3, 0.4) is 0 Å². The molecule has 7 nitrogen and oxygen atoms in total. The molecular formula is C20H30ClN7. The zero-order valence-corrected chi connectivity index (χ0v) is 17.7. The molecule has 3 rings (SSSR count). The van der Waals surface area contributed by atoms with Gasteiger partial charge in [-0.15, -0.1) is 0 Å². The van der Waals surface area contributed by atoms with Crippen molar-refractivity contribution in [2.24, 2.45) is 10.9 Å². The average Bonchev–Trinajstić information content (AvgIpc) is 3.29. The number of nitrogens with one attached hydrogen (secondary N) is 2. The predicted octanol–water partition coefficient (Wildman–Crippen LogP) is 2.92. The van der Waals surface area contributed by atoms with Crippen LogP contribution >= 0.6 is 11.6 Å². The molecule has 2 aromatic heterocycles. The molecular weight excluding hydrogens is 374 g/mol. The molecule has 0 radical (unpaired) electrons. The summed E-state index contributed by atoms with van der Waals surface area (Å²) in [4.78, 5) is 15.9. The van der Waals surface area contributed by atoms with Crippen LogP contribution in [0, 0.1) is 5.92 Å². The van der Waals surface area contributed by atoms with Crippen molar-refractivity contribution in [2.75, 3.05) is 24.5 Å². The summed E-state index contributed by atoms with van der Waals surface area (Å²) in [5.74, 6) is 3.23. The van der Waals surface area contributed by atoms with Gasteiger partial charge >= 0.3 is 0 Å². The third-order valence-corrected chi connectivity index (χ3v) is 4.95. The van der Waals surface area contributed by atoms with Crippen molar-refractivity contribution in [1.82, 2.24) is 25.2 Å². The number of anilines is 1. The number of hydrogen-bond acceptors (Lipinski definition) is 4. The van der Waals surface area contributed by atoms with Crippen molar-refractivity contribution in [3.05, 3.63) is 41.6 Å². The lowest BCUT2D eigenvalue weighted by molar-refractivity contribution is 0.507. The number of aliphatic imine (C=N–C) groups is 1. The van der Waals surface area contributed by atoms with E-state index in [0.717, 1.165) is 50.2 Å². The van der Waals surface area contributed by atoms with Crippen LogP contribution in [0.5, 0.6) is 0 Å². The van der Waals surface area contributed by atoms with Gasteiger partial charge in [-0.25, -0.2) is 15.0 Å². The maximum absolute atomic E-state index is 6.30. The molecule has 0 aliphatic carbocycles. The van der Waals surface area contributed by atoms with Gasteiger partial charge in [0.15, 0.2) is 5.96 Å². The van der Waals surface area contributed by atoms with Crippen molar-refractivity contribution < 1.29 is 0 Å². The summed E-state index contributed by atoms with van der Waals surface area (Å²) in [6.07, 6.45) is 6.67. The van der Waals surface area contributed by atoms with Crippen LogP contribution in [0.1, 0.15) is 33.0 Å². The summed E-state index contributed by atoms with van der Waals surface area (Å²) in [6, 6.07) is 4.04. The van der Waals surface area contributed by atoms with Gasteiger partial charge in [-0.05, 0) is 31.4 Å². The van der Waals surface area contributed by atoms with Gasteiger partial charge in [-0.1, -0.05) is 25.4 Å². The van der Waals surface area contributed by atoms with E-state index in [1.165, 1.54) is 0 Å². The van der Waals surface area contributed by atoms with Gasteiger partial charge in [0.05, 0.1) is 5.02 Å². The molecule has 2 aromatic rings. The molecule has 0 amide bonds. The molecule has 1 fully saturated rings. The highest BCUT2D eigenvalue weighted by atomic mass is 35.5. The standard InChI is InChI=1S/C20H30ClN7/c1-4-22-20(25-12-18-23-9-11-27(18)13-15(2)3)26-16-7-10-28(14-16)19-17(21)6-5-8-24-19/h5-6,8-9,11,15-16H,4,7,10,12-14H2,1-3H3,(H2,22,25,26). The van der Waals surface area contributed by atoms with Gasteiger partial charge in [0.25, 0.3) is 0 Å². The first-order valence-corrected chi connectivity index (χ1v) is 10.3. The van der Waals surface area contributed by atoms with Gasteiger partial charge in [0, 0.05) is 50.8 Å². The van der Waals surface area contributed by atoms with Crippen molar-refractivity contribution in [3.8, 4) is 0 Å². The van der Waals surface area contributed by atoms with Crippen LogP contribution in [0.25, 0.3) is 0 Å². The fourth-order valence-electron chi connectivity index (χ4n) is 3.39. The largest absolute Gasteiger partial charge is 0.357 e. The molecule has 0 saturated carbocycles. The molecule has 1 aliphatic rings. The van der Waals surface area contributed by atoms with E-state index in [2.05, 4.69) is 50.8 Å². The molecule has 2 N–H and O–H groups in total. The van der Waals surface area contributed by atoms with Crippen LogP contribution in [0.15, 0.2) is 35.7 Å². The Kier molecular flexibility index (Phi) is 7.14. The number of pyridine rings is 1. The van der Waals surface area contributed by atoms with E-state index in [1.54, 1.807) is 6.20 Å². The number of halogens is 1. The molecule has 3 heterocycles. The highest BCUT2D eigenvalue weighted by molar-refractivity contribution is 6.32. The normalized spacial score (nSPS) is 17.4. The minimum absolute atomic E-state index is 0.297. The van der Waals surface area contributed by atoms with E-state index in [4.69, 9.17) is 16.6 Å². The number of rotatable bonds is 7. The Bertz CT molecular complexity index is 786. The third-order valence-electron chi connectivity index (χ3n) is 4.65. The van der Waals surface area contributed by atoms with Crippen molar-refractivity contribution in [3.63, 3.8) is 0 Å². The Balaban J connectivity index is 1.61. The average molecular weight is 404 g/mol. The van der Waals surface area contributed by atoms with Crippen LogP contribution in [0.4, 0.5) is 5.82 Å². The molecule has 0 aromatic carbocycles. The predicted molar refractivity (Wildman–Crippen MR) is 115 cm³/mol. The van der Waals surface area contributed by atoms with Gasteiger partial charge in [0.2, 0.25) is 0 Å². The molecule has 1 saturated heterocycles. The number of guanidine groups is 1. The van der Waals surface area contributed by atoms with Crippen molar-refractivity contribution >= 4 is 23.4 Å². The number of nitrogens with zero attached hydrogens (tertiary/aromatic N) is 5. The molecule has 0 bridgehead atoms. The molecule has 8 heteroatoms. The molecule has 152 valence electrons. The van der Waals surface area contributed by atoms with Gasteiger partial charge in [0.1, 0.15) is 18.2 Å². The van der Waals surface area contributed by atoms with Crippen molar-refractivity contribution in [1.29, 1.82) is 0 Å². The van der Waals surface area contributed by atoms with Crippen LogP contribution < -0.4 is 15.5 Å². The first kappa shape index (κ1) is 20.5. The molecule has 0 spiro atoms. The summed E-state index contributed by atoms with van der Waals surface area (Å²) in [6.45, 7) is 10.6. The topological polar surface area (TPSA) is 70.4 Å². The van der Waals surface area contributed by atoms with Crippen LogP contribution in [-0.4, -0.2) is 46.2 Å². The second-order valence-electron chi connectivity index (χ2n) is 7.47. The maximum atomic E-state index is 6.30. The smallest absolute Gasteiger partial charge is 0.191 e. The van der Waals surface area contributed by atoms with Crippen molar-refractivity contribution in [2.45, 2.75) is 46.3 Å². The van der Waals surface area contributed by atoms with Crippen LogP contribution in [-0.2, 0) is 13.1 Å². The molecule has 1 aliphatic heterocycles. The summed E-state index contributed by atoms with van der Waals surface area (Å²) in [7, 11) is 0. The zero-order chi connectivity index (χ0) is 19.9. The monoisotopic (exact) mass is 403 g/mol. The first-order chi connectivity index (χ1) is 13.6. The Morgan fingerprint density at radius 2 is 2.21 bits per heavy atom. The highest BCUT2D eigenvalue weighted by Crippen LogP contribution is 2.25. The van der Waals surface area contributed by atoms with Crippen LogP contribution in [0.2, 0.25) is 5.02 Å². The highest BCUT2D eigenvalue weighted by Gasteiger charge is 2.25. The van der Waals surface area contributed by atoms with Gasteiger partial charge in [-0.3, -0.25) is 0 Å². The Labute approximate surface area is 172 Å². The van der Waals surface area contributed by atoms with E-state index in [0.29, 0.717) is 23.5 Å². The lowest BCUT2D eigenvalue weighted by atomic mass is 10.2. The molecule has 1 atom stereocenters. The van der Waals surface area contributed by atoms with E-state index >= 15 is 0 Å². The van der Waals surface area contributed by atoms with Gasteiger partial charge < -0.3 is 20.1 Å². The molecule has 1 unspecified atom stereocenters. The fourth-order valence-corrected chi connectivity index (χ4v) is 3.64. The Hall–Kier alpha value is -2.28. The maximum Gasteiger partial charge on any atom is 0.191 e. The molecule has 28 heavy (non-hydrogen) atoms. The second-order valence-corrected chi connectivity index (χ2v) is 7.88. The summed E-state index contributed by atoms with van der Waals surface area (Å²) >= 11 is 6.30. The van der Waals surface area contributed by atoms with E-state index < -0.39 is 0 Å². The Morgan fingerprint density at radius 3 is 2.96 bits per heavy atom. The van der Waals surface area contributed by atoms with E-state index in [1.807, 2.05) is 24.5 Å². The minimum atomic E-state index is 0.297. The summed E-state index contributed by atoms with van der Waals surface area (Å²) in [5.41, 5.74) is 0. The summed E-state index contributed by atoms with van der Waals surface area (Å²) < 4.78 is 2.18.